The Bertz CT molecular complexity index is 1250. The van der Waals surface area contributed by atoms with E-state index in [9.17, 15) is 9.59 Å². The maximum atomic E-state index is 13.0. The Kier molecular flexibility index (Phi) is 6.95. The van der Waals surface area contributed by atoms with Gasteiger partial charge in [-0.15, -0.1) is 0 Å². The molecule has 0 bridgehead atoms. The molecule has 3 heterocycles. The average Bonchev–Trinajstić information content (AvgIpc) is 3.02. The van der Waals surface area contributed by atoms with Crippen LogP contribution in [0.2, 0.25) is 0 Å². The highest BCUT2D eigenvalue weighted by molar-refractivity contribution is 6.01. The molecule has 0 radical (unpaired) electrons. The third-order valence-corrected chi connectivity index (χ3v) is 6.98. The van der Waals surface area contributed by atoms with E-state index in [2.05, 4.69) is 22.1 Å². The van der Waals surface area contributed by atoms with Gasteiger partial charge in [0.2, 0.25) is 11.9 Å². The molecule has 1 N–H and O–H groups in total. The molecule has 186 valence electrons. The number of piperazine rings is 1. The van der Waals surface area contributed by atoms with Crippen LogP contribution in [-0.4, -0.2) is 71.4 Å². The van der Waals surface area contributed by atoms with Crippen LogP contribution in [0.5, 0.6) is 0 Å². The molecule has 2 aliphatic heterocycles. The molecule has 5 rings (SSSR count). The Morgan fingerprint density at radius 2 is 1.78 bits per heavy atom. The van der Waals surface area contributed by atoms with Crippen molar-refractivity contribution in [3.05, 3.63) is 65.9 Å². The molecule has 2 amide bonds. The number of fused-ring (bicyclic) bond motifs is 3. The van der Waals surface area contributed by atoms with Crippen LogP contribution in [-0.2, 0) is 11.2 Å². The summed E-state index contributed by atoms with van der Waals surface area (Å²) >= 11 is 0. The molecular formula is C28H32N6O2. The van der Waals surface area contributed by atoms with Crippen LogP contribution in [0.15, 0.2) is 54.7 Å². The Balaban J connectivity index is 1.28. The second-order valence-electron chi connectivity index (χ2n) is 9.40. The van der Waals surface area contributed by atoms with Gasteiger partial charge in [-0.3, -0.25) is 14.5 Å². The Hall–Kier alpha value is -3.78. The summed E-state index contributed by atoms with van der Waals surface area (Å²) in [5.74, 6) is 0.527. The topological polar surface area (TPSA) is 81.7 Å². The third-order valence-electron chi connectivity index (χ3n) is 6.98. The van der Waals surface area contributed by atoms with Crippen LogP contribution in [0.1, 0.15) is 35.7 Å². The van der Waals surface area contributed by atoms with Crippen LogP contribution >= 0.6 is 0 Å². The third kappa shape index (κ3) is 4.95. The summed E-state index contributed by atoms with van der Waals surface area (Å²) in [5.41, 5.74) is 4.78. The number of carbonyl (C=O) groups excluding carboxylic acids is 2. The summed E-state index contributed by atoms with van der Waals surface area (Å²) in [6.45, 7) is 6.73. The molecule has 1 saturated heterocycles. The zero-order chi connectivity index (χ0) is 25.1. The number of aromatic nitrogens is 2. The molecule has 0 atom stereocenters. The van der Waals surface area contributed by atoms with Crippen molar-refractivity contribution in [2.24, 2.45) is 0 Å². The summed E-state index contributed by atoms with van der Waals surface area (Å²) in [5, 5.41) is 3.25. The van der Waals surface area contributed by atoms with Crippen molar-refractivity contribution < 1.29 is 9.59 Å². The average molecular weight is 485 g/mol. The molecule has 0 spiro atoms. The number of likely N-dealkylation sites (N-methyl/N-ethyl adjacent to an activating group) is 1. The number of unbranched alkanes of at least 4 members (excludes halogenated alkanes) is 1. The molecule has 1 fully saturated rings. The maximum Gasteiger partial charge on any atom is 0.253 e. The molecule has 8 heteroatoms. The highest BCUT2D eigenvalue weighted by Crippen LogP contribution is 2.35. The van der Waals surface area contributed by atoms with Gasteiger partial charge in [0.25, 0.3) is 5.91 Å². The first kappa shape index (κ1) is 23.9. The van der Waals surface area contributed by atoms with E-state index in [1.165, 1.54) is 12.8 Å². The lowest BCUT2D eigenvalue weighted by Gasteiger charge is -2.34. The van der Waals surface area contributed by atoms with Gasteiger partial charge in [-0.25, -0.2) is 9.97 Å². The van der Waals surface area contributed by atoms with Gasteiger partial charge >= 0.3 is 0 Å². The summed E-state index contributed by atoms with van der Waals surface area (Å²) in [6.07, 6.45) is 4.37. The van der Waals surface area contributed by atoms with Crippen LogP contribution in [0.4, 0.5) is 17.3 Å². The molecule has 3 aromatic rings. The van der Waals surface area contributed by atoms with E-state index in [1.54, 1.807) is 18.1 Å². The molecule has 0 aliphatic carbocycles. The van der Waals surface area contributed by atoms with Gasteiger partial charge in [0.1, 0.15) is 0 Å². The molecular weight excluding hydrogens is 452 g/mol. The van der Waals surface area contributed by atoms with E-state index in [0.717, 1.165) is 60.9 Å². The van der Waals surface area contributed by atoms with Crippen LogP contribution in [0.25, 0.3) is 11.3 Å². The number of hydrogen-bond donors (Lipinski definition) is 1. The molecule has 2 aliphatic rings. The van der Waals surface area contributed by atoms with E-state index in [1.807, 2.05) is 53.4 Å². The van der Waals surface area contributed by atoms with Crippen molar-refractivity contribution in [2.75, 3.05) is 50.0 Å². The number of hydrogen-bond acceptors (Lipinski definition) is 6. The van der Waals surface area contributed by atoms with E-state index >= 15 is 0 Å². The zero-order valence-corrected chi connectivity index (χ0v) is 20.9. The lowest BCUT2D eigenvalue weighted by molar-refractivity contribution is -0.117. The van der Waals surface area contributed by atoms with Crippen LogP contribution in [0.3, 0.4) is 0 Å². The van der Waals surface area contributed by atoms with Gasteiger partial charge in [-0.05, 0) is 43.3 Å². The van der Waals surface area contributed by atoms with Crippen molar-refractivity contribution in [3.8, 4) is 11.3 Å². The van der Waals surface area contributed by atoms with Gasteiger partial charge < -0.3 is 15.1 Å². The number of anilines is 3. The Morgan fingerprint density at radius 3 is 2.53 bits per heavy atom. The van der Waals surface area contributed by atoms with Gasteiger partial charge in [-0.2, -0.15) is 0 Å². The number of nitrogens with zero attached hydrogens (tertiary/aromatic N) is 5. The first-order valence-corrected chi connectivity index (χ1v) is 12.6. The van der Waals surface area contributed by atoms with Gasteiger partial charge in [0.15, 0.2) is 0 Å². The van der Waals surface area contributed by atoms with Crippen LogP contribution < -0.4 is 10.2 Å². The summed E-state index contributed by atoms with van der Waals surface area (Å²) < 4.78 is 0. The van der Waals surface area contributed by atoms with Crippen molar-refractivity contribution >= 4 is 29.1 Å². The maximum absolute atomic E-state index is 13.0. The fraction of sp³-hybridized carbons (Fsp3) is 0.357. The standard InChI is InChI=1S/C28H32N6O2/c1-3-4-13-33-14-16-34(17-15-33)27(36)20-9-11-22(12-10-20)30-28-29-19-21-18-25(35)32(2)24-8-6-5-7-23(24)26(21)31-28/h5-12,19H,3-4,13-18H2,1-2H3,(H,29,30,31). The monoisotopic (exact) mass is 484 g/mol. The van der Waals surface area contributed by atoms with Crippen molar-refractivity contribution in [1.29, 1.82) is 0 Å². The van der Waals surface area contributed by atoms with Gasteiger partial charge in [0.05, 0.1) is 17.8 Å². The lowest BCUT2D eigenvalue weighted by Crippen LogP contribution is -2.48. The number of amides is 2. The van der Waals surface area contributed by atoms with E-state index < -0.39 is 0 Å². The smallest absolute Gasteiger partial charge is 0.253 e. The second kappa shape index (κ2) is 10.5. The summed E-state index contributed by atoms with van der Waals surface area (Å²) in [4.78, 5) is 40.8. The number of carbonyl (C=O) groups is 2. The number of nitrogens with one attached hydrogen (secondary N) is 1. The Morgan fingerprint density at radius 1 is 1.03 bits per heavy atom. The minimum absolute atomic E-state index is 0.00754. The van der Waals surface area contributed by atoms with Gasteiger partial charge in [0, 0.05) is 61.8 Å². The predicted molar refractivity (Wildman–Crippen MR) is 142 cm³/mol. The van der Waals surface area contributed by atoms with E-state index in [0.29, 0.717) is 11.5 Å². The fourth-order valence-corrected chi connectivity index (χ4v) is 4.78. The normalized spacial score (nSPS) is 15.8. The fourth-order valence-electron chi connectivity index (χ4n) is 4.78. The lowest BCUT2D eigenvalue weighted by atomic mass is 10.1. The second-order valence-corrected chi connectivity index (χ2v) is 9.40. The minimum Gasteiger partial charge on any atom is -0.336 e. The highest BCUT2D eigenvalue weighted by atomic mass is 16.2. The van der Waals surface area contributed by atoms with Crippen molar-refractivity contribution in [1.82, 2.24) is 19.8 Å². The molecule has 0 saturated carbocycles. The summed E-state index contributed by atoms with van der Waals surface area (Å²) in [7, 11) is 1.79. The zero-order valence-electron chi connectivity index (χ0n) is 20.9. The predicted octanol–water partition coefficient (Wildman–Crippen LogP) is 3.96. The van der Waals surface area contributed by atoms with E-state index in [4.69, 9.17) is 4.98 Å². The molecule has 36 heavy (non-hydrogen) atoms. The minimum atomic E-state index is 0.00754. The number of rotatable bonds is 6. The van der Waals surface area contributed by atoms with Crippen molar-refractivity contribution in [2.45, 2.75) is 26.2 Å². The molecule has 0 unspecified atom stereocenters. The molecule has 8 nitrogen and oxygen atoms in total. The van der Waals surface area contributed by atoms with Gasteiger partial charge in [-0.1, -0.05) is 31.5 Å². The summed E-state index contributed by atoms with van der Waals surface area (Å²) in [6, 6.07) is 15.2. The first-order valence-electron chi connectivity index (χ1n) is 12.6. The quantitative estimate of drug-likeness (QED) is 0.570. The van der Waals surface area contributed by atoms with E-state index in [-0.39, 0.29) is 18.2 Å². The van der Waals surface area contributed by atoms with Crippen LogP contribution in [0, 0.1) is 0 Å². The number of para-hydroxylation sites is 1. The van der Waals surface area contributed by atoms with Crippen molar-refractivity contribution in [3.63, 3.8) is 0 Å². The first-order chi connectivity index (χ1) is 17.5. The molecule has 2 aromatic carbocycles. The number of benzene rings is 2. The largest absolute Gasteiger partial charge is 0.336 e. The SMILES string of the molecule is CCCCN1CCN(C(=O)c2ccc(Nc3ncc4c(n3)-c3ccccc3N(C)C(=O)C4)cc2)CC1. The highest BCUT2D eigenvalue weighted by Gasteiger charge is 2.25. The molecule has 1 aromatic heterocycles. The Labute approximate surface area is 212 Å².